The number of fused-ring (bicyclic) bond motifs is 4. The van der Waals surface area contributed by atoms with Crippen LogP contribution in [-0.2, 0) is 52.4 Å². The molecule has 8 rings (SSSR count). The van der Waals surface area contributed by atoms with E-state index in [1.165, 1.54) is 64.8 Å². The predicted octanol–water partition coefficient (Wildman–Crippen LogP) is 5.59. The van der Waals surface area contributed by atoms with E-state index in [0.29, 0.717) is 0 Å². The molecule has 0 aromatic heterocycles. The van der Waals surface area contributed by atoms with Gasteiger partial charge in [-0.25, -0.2) is 0 Å². The molecule has 0 bridgehead atoms. The summed E-state index contributed by atoms with van der Waals surface area (Å²) in [5.74, 6) is 0. The molecular formula is C42H42F2P2Zr2-2. The molecule has 0 saturated carbocycles. The van der Waals surface area contributed by atoms with E-state index in [9.17, 15) is 0 Å². The van der Waals surface area contributed by atoms with Crippen LogP contribution in [0.25, 0.3) is 43.1 Å². The molecule has 244 valence electrons. The number of hydrogen-bond acceptors (Lipinski definition) is 0. The largest absolute Gasteiger partial charge is 2.00 e. The van der Waals surface area contributed by atoms with Crippen LogP contribution in [0.4, 0.5) is 0 Å². The Hall–Kier alpha value is -2.19. The average molecular weight is 829 g/mol. The minimum atomic E-state index is 0. The summed E-state index contributed by atoms with van der Waals surface area (Å²) in [7, 11) is 0.115. The molecule has 0 aliphatic rings. The van der Waals surface area contributed by atoms with Gasteiger partial charge in [-0.15, -0.1) is 178 Å². The maximum Gasteiger partial charge on any atom is 2.00 e. The molecule has 48 heavy (non-hydrogen) atoms. The Bertz CT molecular complexity index is 1800. The van der Waals surface area contributed by atoms with Gasteiger partial charge in [-0.05, 0) is 26.7 Å². The second-order valence-corrected chi connectivity index (χ2v) is 16.4. The van der Waals surface area contributed by atoms with Crippen LogP contribution in [0.5, 0.6) is 0 Å². The van der Waals surface area contributed by atoms with Gasteiger partial charge in [0.1, 0.15) is 0 Å². The van der Waals surface area contributed by atoms with Crippen molar-refractivity contribution in [2.24, 2.45) is 0 Å². The maximum absolute atomic E-state index is 2.31. The molecule has 0 N–H and O–H groups in total. The molecular weight excluding hydrogens is 787 g/mol. The van der Waals surface area contributed by atoms with Crippen molar-refractivity contribution in [2.45, 2.75) is 13.8 Å². The summed E-state index contributed by atoms with van der Waals surface area (Å²) in [4.78, 5) is 0. The summed E-state index contributed by atoms with van der Waals surface area (Å²) >= 11 is 0. The summed E-state index contributed by atoms with van der Waals surface area (Å²) in [6.45, 7) is 13.4. The Morgan fingerprint density at radius 2 is 0.625 bits per heavy atom. The van der Waals surface area contributed by atoms with Crippen LogP contribution >= 0.6 is 15.8 Å². The second kappa shape index (κ2) is 21.1. The van der Waals surface area contributed by atoms with Gasteiger partial charge in [0.25, 0.3) is 0 Å². The van der Waals surface area contributed by atoms with Crippen molar-refractivity contribution in [2.75, 3.05) is 26.7 Å². The topological polar surface area (TPSA) is 0 Å². The van der Waals surface area contributed by atoms with Crippen LogP contribution in [0.15, 0.2) is 146 Å². The van der Waals surface area contributed by atoms with E-state index in [-0.39, 0.29) is 77.7 Å². The SMILES string of the molecule is CP(C)c1cc2ccccc2[cH-]1.CP(C)c1cc2ccccc2[cH-]1.Cc1cc2ccccc2[cH-]1.Cc1cc2ccccc2[cH-]1.[F-].[F-].[Zr+2].[Zr+2]. The van der Waals surface area contributed by atoms with E-state index < -0.39 is 0 Å². The van der Waals surface area contributed by atoms with Crippen molar-refractivity contribution in [3.05, 3.63) is 157 Å². The monoisotopic (exact) mass is 826 g/mol. The van der Waals surface area contributed by atoms with Crippen molar-refractivity contribution in [3.63, 3.8) is 0 Å². The van der Waals surface area contributed by atoms with Crippen molar-refractivity contribution in [1.82, 2.24) is 0 Å². The fourth-order valence-electron chi connectivity index (χ4n) is 5.40. The van der Waals surface area contributed by atoms with Gasteiger partial charge < -0.3 is 9.41 Å². The van der Waals surface area contributed by atoms with E-state index in [1.54, 1.807) is 0 Å². The number of halogens is 2. The smallest absolute Gasteiger partial charge is 1.00 e. The minimum Gasteiger partial charge on any atom is -1.00 e. The Morgan fingerprint density at radius 1 is 0.375 bits per heavy atom. The van der Waals surface area contributed by atoms with E-state index in [4.69, 9.17) is 0 Å². The van der Waals surface area contributed by atoms with Gasteiger partial charge in [0.05, 0.1) is 0 Å². The summed E-state index contributed by atoms with van der Waals surface area (Å²) < 4.78 is 0. The van der Waals surface area contributed by atoms with Crippen molar-refractivity contribution in [3.8, 4) is 0 Å². The molecule has 0 atom stereocenters. The molecule has 0 heterocycles. The molecule has 0 radical (unpaired) electrons. The molecule has 0 amide bonds. The molecule has 0 aliphatic carbocycles. The molecule has 6 heteroatoms. The molecule has 0 aliphatic heterocycles. The number of rotatable bonds is 2. The Labute approximate surface area is 325 Å². The molecule has 0 unspecified atom stereocenters. The quantitative estimate of drug-likeness (QED) is 0.158. The molecule has 8 aromatic rings. The van der Waals surface area contributed by atoms with Gasteiger partial charge in [-0.2, -0.15) is 24.3 Å². The van der Waals surface area contributed by atoms with Crippen molar-refractivity contribution in [1.29, 1.82) is 0 Å². The average Bonchev–Trinajstić information content (AvgIpc) is 3.80. The number of benzene rings is 4. The first-order chi connectivity index (χ1) is 21.3. The van der Waals surface area contributed by atoms with E-state index in [1.807, 2.05) is 0 Å². The Morgan fingerprint density at radius 3 is 0.875 bits per heavy atom. The van der Waals surface area contributed by atoms with Crippen LogP contribution in [-0.4, -0.2) is 26.7 Å². The molecule has 0 nitrogen and oxygen atoms in total. The Balaban J connectivity index is 0.000000312. The first-order valence-electron chi connectivity index (χ1n) is 15.2. The van der Waals surface area contributed by atoms with Gasteiger partial charge in [-0.1, -0.05) is 38.1 Å². The third-order valence-corrected chi connectivity index (χ3v) is 10.3. The zero-order valence-electron chi connectivity index (χ0n) is 28.5. The van der Waals surface area contributed by atoms with Gasteiger partial charge >= 0.3 is 52.4 Å². The van der Waals surface area contributed by atoms with Gasteiger partial charge in [0, 0.05) is 0 Å². The summed E-state index contributed by atoms with van der Waals surface area (Å²) in [5.41, 5.74) is 2.70. The zero-order chi connectivity index (χ0) is 31.1. The molecule has 8 aromatic carbocycles. The fourth-order valence-corrected chi connectivity index (χ4v) is 6.99. The molecule has 0 fully saturated rings. The number of aryl methyl sites for hydroxylation is 2. The normalized spacial score (nSPS) is 10.0. The van der Waals surface area contributed by atoms with E-state index in [2.05, 4.69) is 186 Å². The van der Waals surface area contributed by atoms with Gasteiger partial charge in [0.15, 0.2) is 0 Å². The Kier molecular flexibility index (Phi) is 19.3. The number of hydrogen-bond donors (Lipinski definition) is 0. The van der Waals surface area contributed by atoms with Crippen molar-refractivity contribution < 1.29 is 61.8 Å². The van der Waals surface area contributed by atoms with Crippen LogP contribution in [0.1, 0.15) is 11.1 Å². The van der Waals surface area contributed by atoms with Gasteiger partial charge in [0.2, 0.25) is 0 Å². The molecule has 0 spiro atoms. The van der Waals surface area contributed by atoms with Crippen molar-refractivity contribution >= 4 is 69.5 Å². The predicted molar refractivity (Wildman–Crippen MR) is 204 cm³/mol. The van der Waals surface area contributed by atoms with Crippen LogP contribution in [0.2, 0.25) is 0 Å². The first kappa shape index (κ1) is 43.8. The fraction of sp³-hybridized carbons (Fsp3) is 0.143. The van der Waals surface area contributed by atoms with Crippen LogP contribution < -0.4 is 20.0 Å². The summed E-state index contributed by atoms with van der Waals surface area (Å²) in [6, 6.07) is 52.0. The molecule has 0 saturated heterocycles. The van der Waals surface area contributed by atoms with Crippen LogP contribution in [0.3, 0.4) is 0 Å². The minimum absolute atomic E-state index is 0. The standard InChI is InChI=1S/2C11H12P.2C10H9.2FH.2Zr/c2*1-12(2)11-7-9-5-3-4-6-10(9)8-11;2*1-8-6-9-4-2-3-5-10(9)7-8;;;;/h2*3-8H,1-2H3;2*2-7H,1H3;2*1H;;/q4*-1;;;2*+2/p-2. The zero-order valence-corrected chi connectivity index (χ0v) is 35.2. The second-order valence-electron chi connectivity index (χ2n) is 11.8. The third-order valence-electron chi connectivity index (χ3n) is 7.76. The van der Waals surface area contributed by atoms with Crippen LogP contribution in [0, 0.1) is 13.8 Å². The van der Waals surface area contributed by atoms with E-state index >= 15 is 0 Å². The summed E-state index contributed by atoms with van der Waals surface area (Å²) in [6.07, 6.45) is 0. The first-order valence-corrected chi connectivity index (χ1v) is 19.6. The maximum atomic E-state index is 2.31. The van der Waals surface area contributed by atoms with Gasteiger partial charge in [-0.3, -0.25) is 0 Å². The summed E-state index contributed by atoms with van der Waals surface area (Å²) in [5, 5.41) is 13.9. The third kappa shape index (κ3) is 12.0. The van der Waals surface area contributed by atoms with E-state index in [0.717, 1.165) is 0 Å².